The molecule has 0 unspecified atom stereocenters. The average Bonchev–Trinajstić information content (AvgIpc) is 2.15. The van der Waals surface area contributed by atoms with Crippen LogP contribution in [-0.4, -0.2) is 25.9 Å². The van der Waals surface area contributed by atoms with E-state index >= 15 is 0 Å². The van der Waals surface area contributed by atoms with Crippen LogP contribution in [0.15, 0.2) is 17.2 Å². The number of hydrogen-bond acceptors (Lipinski definition) is 5. The van der Waals surface area contributed by atoms with Crippen LogP contribution in [0, 0.1) is 0 Å². The molecule has 1 aromatic heterocycles. The first kappa shape index (κ1) is 10.2. The number of nitrogens with one attached hydrogen (secondary N) is 1. The molecular weight excluding hydrogens is 244 g/mol. The molecule has 80 valence electrons. The summed E-state index contributed by atoms with van der Waals surface area (Å²) in [6.07, 6.45) is 1.05. The zero-order valence-electron chi connectivity index (χ0n) is 7.23. The number of pyridine rings is 1. The van der Waals surface area contributed by atoms with Gasteiger partial charge in [0.1, 0.15) is 4.90 Å². The minimum Gasteiger partial charge on any atom is -0.480 e. The fourth-order valence-electron chi connectivity index (χ4n) is 1.08. The summed E-state index contributed by atoms with van der Waals surface area (Å²) in [7, 11) is 1.29. The van der Waals surface area contributed by atoms with Crippen molar-refractivity contribution in [3.05, 3.63) is 12.3 Å². The Hall–Kier alpha value is -1.34. The lowest BCUT2D eigenvalue weighted by Gasteiger charge is -2.16. The number of halogens is 1. The van der Waals surface area contributed by atoms with Crippen molar-refractivity contribution in [2.24, 2.45) is 0 Å². The highest BCUT2D eigenvalue weighted by molar-refractivity contribution is 8.13. The van der Waals surface area contributed by atoms with E-state index in [2.05, 4.69) is 10.3 Å². The van der Waals surface area contributed by atoms with Crippen molar-refractivity contribution in [1.29, 1.82) is 0 Å². The topological polar surface area (TPSA) is 85.4 Å². The third-order valence-electron chi connectivity index (χ3n) is 1.73. The van der Waals surface area contributed by atoms with Crippen molar-refractivity contribution < 1.29 is 17.9 Å². The maximum Gasteiger partial charge on any atom is 0.263 e. The summed E-state index contributed by atoms with van der Waals surface area (Å²) < 4.78 is 26.9. The van der Waals surface area contributed by atoms with E-state index < -0.39 is 9.05 Å². The van der Waals surface area contributed by atoms with Gasteiger partial charge in [-0.15, -0.1) is 0 Å². The number of ether oxygens (including phenoxy) is 1. The van der Waals surface area contributed by atoms with Crippen LogP contribution in [0.1, 0.15) is 0 Å². The fourth-order valence-corrected chi connectivity index (χ4v) is 1.75. The van der Waals surface area contributed by atoms with Gasteiger partial charge in [-0.05, 0) is 0 Å². The molecule has 0 fully saturated rings. The number of hydrogen-bond donors (Lipinski definition) is 1. The number of amides is 1. The number of carbonyl (C=O) groups is 1. The monoisotopic (exact) mass is 248 g/mol. The van der Waals surface area contributed by atoms with Gasteiger partial charge in [-0.25, -0.2) is 13.4 Å². The lowest BCUT2D eigenvalue weighted by Crippen LogP contribution is -2.26. The van der Waals surface area contributed by atoms with Gasteiger partial charge < -0.3 is 10.1 Å². The maximum atomic E-state index is 11.0. The van der Waals surface area contributed by atoms with Gasteiger partial charge >= 0.3 is 0 Å². The summed E-state index contributed by atoms with van der Waals surface area (Å²) in [6.45, 7) is -0.166. The van der Waals surface area contributed by atoms with E-state index in [0.717, 1.165) is 6.20 Å². The Balaban J connectivity index is 2.48. The van der Waals surface area contributed by atoms with E-state index in [9.17, 15) is 13.2 Å². The smallest absolute Gasteiger partial charge is 0.263 e. The minimum atomic E-state index is -3.83. The SMILES string of the molecule is O=C1COc2cc(S(=O)(=O)Cl)cnc2N1. The second kappa shape index (κ2) is 3.35. The molecule has 1 aromatic rings. The van der Waals surface area contributed by atoms with Gasteiger partial charge in [-0.2, -0.15) is 0 Å². The summed E-state index contributed by atoms with van der Waals surface area (Å²) in [4.78, 5) is 14.4. The second-order valence-corrected chi connectivity index (χ2v) is 5.36. The molecular formula is C7H5ClN2O4S. The summed E-state index contributed by atoms with van der Waals surface area (Å²) >= 11 is 0. The predicted octanol–water partition coefficient (Wildman–Crippen LogP) is 0.340. The van der Waals surface area contributed by atoms with Crippen molar-refractivity contribution in [3.63, 3.8) is 0 Å². The van der Waals surface area contributed by atoms with Crippen LogP contribution in [0.4, 0.5) is 5.82 Å². The summed E-state index contributed by atoms with van der Waals surface area (Å²) in [6, 6.07) is 1.21. The van der Waals surface area contributed by atoms with Crippen LogP contribution in [0.5, 0.6) is 5.75 Å². The van der Waals surface area contributed by atoms with Gasteiger partial charge in [0.25, 0.3) is 15.0 Å². The number of nitrogens with zero attached hydrogens (tertiary/aromatic N) is 1. The van der Waals surface area contributed by atoms with Crippen molar-refractivity contribution in [1.82, 2.24) is 4.98 Å². The first-order valence-electron chi connectivity index (χ1n) is 3.84. The predicted molar refractivity (Wildman–Crippen MR) is 51.4 cm³/mol. The van der Waals surface area contributed by atoms with Crippen molar-refractivity contribution in [2.45, 2.75) is 4.90 Å². The normalized spacial score (nSPS) is 15.1. The molecule has 2 heterocycles. The molecule has 1 aliphatic rings. The number of aromatic nitrogens is 1. The lowest BCUT2D eigenvalue weighted by atomic mass is 10.4. The van der Waals surface area contributed by atoms with Crippen molar-refractivity contribution in [3.8, 4) is 5.75 Å². The van der Waals surface area contributed by atoms with E-state index in [1.807, 2.05) is 0 Å². The Kier molecular flexibility index (Phi) is 2.28. The molecule has 0 radical (unpaired) electrons. The van der Waals surface area contributed by atoms with Crippen molar-refractivity contribution in [2.75, 3.05) is 11.9 Å². The summed E-state index contributed by atoms with van der Waals surface area (Å²) in [5.74, 6) is 0.0446. The molecule has 0 aromatic carbocycles. The largest absolute Gasteiger partial charge is 0.480 e. The molecule has 1 amide bonds. The number of anilines is 1. The molecule has 0 atom stereocenters. The maximum absolute atomic E-state index is 11.0. The molecule has 8 heteroatoms. The van der Waals surface area contributed by atoms with Gasteiger partial charge in [0.05, 0.1) is 0 Å². The quantitative estimate of drug-likeness (QED) is 0.725. The third kappa shape index (κ3) is 2.02. The van der Waals surface area contributed by atoms with E-state index in [1.165, 1.54) is 6.07 Å². The van der Waals surface area contributed by atoms with Gasteiger partial charge in [0, 0.05) is 22.9 Å². The Morgan fingerprint density at radius 1 is 1.53 bits per heavy atom. The molecule has 0 aliphatic carbocycles. The fraction of sp³-hybridized carbons (Fsp3) is 0.143. The standard InChI is InChI=1S/C7H5ClN2O4S/c8-15(12,13)4-1-5-7(9-2-4)10-6(11)3-14-5/h1-2H,3H2,(H,9,10,11). The van der Waals surface area contributed by atoms with Gasteiger partial charge in [0.15, 0.2) is 18.2 Å². The number of carbonyl (C=O) groups excluding carboxylic acids is 1. The highest BCUT2D eigenvalue weighted by Gasteiger charge is 2.20. The minimum absolute atomic E-state index is 0.166. The van der Waals surface area contributed by atoms with Crippen LogP contribution >= 0.6 is 10.7 Å². The molecule has 0 saturated carbocycles. The molecule has 6 nitrogen and oxygen atoms in total. The number of rotatable bonds is 1. The average molecular weight is 249 g/mol. The molecule has 0 spiro atoms. The van der Waals surface area contributed by atoms with Crippen LogP contribution in [-0.2, 0) is 13.8 Å². The second-order valence-electron chi connectivity index (χ2n) is 2.79. The Labute approximate surface area is 89.6 Å². The Bertz CT molecular complexity index is 528. The van der Waals surface area contributed by atoms with Crippen LogP contribution in [0.2, 0.25) is 0 Å². The van der Waals surface area contributed by atoms with E-state index in [0.29, 0.717) is 0 Å². The zero-order valence-corrected chi connectivity index (χ0v) is 8.80. The zero-order chi connectivity index (χ0) is 11.1. The number of fused-ring (bicyclic) bond motifs is 1. The summed E-state index contributed by atoms with van der Waals surface area (Å²) in [5.41, 5.74) is 0. The van der Waals surface area contributed by atoms with Crippen LogP contribution in [0.25, 0.3) is 0 Å². The van der Waals surface area contributed by atoms with Gasteiger partial charge in [0.2, 0.25) is 0 Å². The highest BCUT2D eigenvalue weighted by Crippen LogP contribution is 2.28. The molecule has 0 saturated heterocycles. The lowest BCUT2D eigenvalue weighted by molar-refractivity contribution is -0.118. The molecule has 1 N–H and O–H groups in total. The molecule has 15 heavy (non-hydrogen) atoms. The van der Waals surface area contributed by atoms with Crippen LogP contribution in [0.3, 0.4) is 0 Å². The molecule has 0 bridgehead atoms. The highest BCUT2D eigenvalue weighted by atomic mass is 35.7. The molecule has 1 aliphatic heterocycles. The first-order chi connectivity index (χ1) is 6.97. The summed E-state index contributed by atoms with van der Waals surface area (Å²) in [5, 5.41) is 2.43. The van der Waals surface area contributed by atoms with E-state index in [4.69, 9.17) is 15.4 Å². The molecule has 2 rings (SSSR count). The van der Waals surface area contributed by atoms with E-state index in [-0.39, 0.29) is 29.0 Å². The Morgan fingerprint density at radius 3 is 2.93 bits per heavy atom. The van der Waals surface area contributed by atoms with Gasteiger partial charge in [-0.1, -0.05) is 0 Å². The van der Waals surface area contributed by atoms with E-state index in [1.54, 1.807) is 0 Å². The first-order valence-corrected chi connectivity index (χ1v) is 6.15. The van der Waals surface area contributed by atoms with Crippen LogP contribution < -0.4 is 10.1 Å². The Morgan fingerprint density at radius 2 is 2.27 bits per heavy atom. The third-order valence-corrected chi connectivity index (χ3v) is 3.05. The van der Waals surface area contributed by atoms with Gasteiger partial charge in [-0.3, -0.25) is 4.79 Å². The van der Waals surface area contributed by atoms with Crippen molar-refractivity contribution >= 4 is 31.5 Å².